The van der Waals surface area contributed by atoms with Gasteiger partial charge in [-0.05, 0) is 42.0 Å². The van der Waals surface area contributed by atoms with Crippen LogP contribution in [0.4, 0.5) is 0 Å². The molecule has 3 nitrogen and oxygen atoms in total. The number of rotatable bonds is 5. The predicted molar refractivity (Wildman–Crippen MR) is 94.1 cm³/mol. The molecule has 0 aliphatic heterocycles. The summed E-state index contributed by atoms with van der Waals surface area (Å²) in [6.07, 6.45) is 0. The van der Waals surface area contributed by atoms with Crippen molar-refractivity contribution in [1.29, 1.82) is 0 Å². The number of carbonyl (C=O) groups is 1. The topological polar surface area (TPSA) is 52.3 Å². The summed E-state index contributed by atoms with van der Waals surface area (Å²) in [5, 5.41) is 0.0561. The smallest absolute Gasteiger partial charge is 0.198 e. The summed E-state index contributed by atoms with van der Waals surface area (Å²) in [4.78, 5) is 13.3. The number of thioether (sulfide) groups is 1. The number of hydrogen-bond acceptors (Lipinski definition) is 4. The zero-order chi connectivity index (χ0) is 16.1. The van der Waals surface area contributed by atoms with E-state index < -0.39 is 0 Å². The molecule has 22 heavy (non-hydrogen) atoms. The summed E-state index contributed by atoms with van der Waals surface area (Å²) < 4.78 is 6.10. The van der Waals surface area contributed by atoms with Gasteiger partial charge in [0.15, 0.2) is 5.12 Å². The Morgan fingerprint density at radius 1 is 1.14 bits per heavy atom. The molecule has 2 rings (SSSR count). The van der Waals surface area contributed by atoms with Crippen LogP contribution in [0.3, 0.4) is 0 Å². The highest BCUT2D eigenvalue weighted by atomic mass is 79.9. The Morgan fingerprint density at radius 3 is 2.27 bits per heavy atom. The summed E-state index contributed by atoms with van der Waals surface area (Å²) >= 11 is 4.61. The van der Waals surface area contributed by atoms with Gasteiger partial charge in [-0.1, -0.05) is 46.7 Å². The first-order chi connectivity index (χ1) is 10.5. The highest BCUT2D eigenvalue weighted by Crippen LogP contribution is 2.30. The van der Waals surface area contributed by atoms with E-state index in [1.165, 1.54) is 11.8 Å². The molecule has 0 spiro atoms. The van der Waals surface area contributed by atoms with Gasteiger partial charge < -0.3 is 10.5 Å². The summed E-state index contributed by atoms with van der Waals surface area (Å²) in [5.74, 6) is 0.504. The van der Waals surface area contributed by atoms with Crippen LogP contribution in [0.1, 0.15) is 18.5 Å². The molecule has 0 saturated heterocycles. The molecule has 0 fully saturated rings. The Balaban J connectivity index is 2.02. The second kappa shape index (κ2) is 7.81. The standard InChI is InChI=1S/C17H18BrNO2S/c1-11(16(19)12-3-5-13(18)6-4-12)17(20)22-15-9-7-14(21-2)8-10-15/h3-11,16H,19H2,1-2H3/t11-,16-/m1/s1. The fourth-order valence-corrected chi connectivity index (χ4v) is 3.07. The fraction of sp³-hybridized carbons (Fsp3) is 0.235. The van der Waals surface area contributed by atoms with Crippen molar-refractivity contribution in [2.45, 2.75) is 17.9 Å². The minimum atomic E-state index is -0.314. The maximum atomic E-state index is 12.4. The second-order valence-electron chi connectivity index (χ2n) is 4.96. The van der Waals surface area contributed by atoms with E-state index in [0.717, 1.165) is 20.7 Å². The van der Waals surface area contributed by atoms with E-state index in [2.05, 4.69) is 15.9 Å². The number of nitrogens with two attached hydrogens (primary N) is 1. The minimum absolute atomic E-state index is 0.0561. The van der Waals surface area contributed by atoms with E-state index in [-0.39, 0.29) is 17.1 Å². The molecule has 0 unspecified atom stereocenters. The van der Waals surface area contributed by atoms with E-state index in [1.807, 2.05) is 55.5 Å². The van der Waals surface area contributed by atoms with Crippen molar-refractivity contribution in [3.63, 3.8) is 0 Å². The van der Waals surface area contributed by atoms with Crippen LogP contribution in [0, 0.1) is 5.92 Å². The predicted octanol–water partition coefficient (Wildman–Crippen LogP) is 4.41. The Kier molecular flexibility index (Phi) is 6.06. The van der Waals surface area contributed by atoms with Crippen molar-refractivity contribution < 1.29 is 9.53 Å². The first-order valence-corrected chi connectivity index (χ1v) is 8.49. The second-order valence-corrected chi connectivity index (χ2v) is 6.96. The molecular formula is C17H18BrNO2S. The molecule has 2 aromatic rings. The molecule has 116 valence electrons. The maximum Gasteiger partial charge on any atom is 0.198 e. The Morgan fingerprint density at radius 2 is 1.73 bits per heavy atom. The molecule has 0 bridgehead atoms. The van der Waals surface area contributed by atoms with E-state index >= 15 is 0 Å². The van der Waals surface area contributed by atoms with Crippen molar-refractivity contribution in [3.05, 3.63) is 58.6 Å². The first-order valence-electron chi connectivity index (χ1n) is 6.88. The lowest BCUT2D eigenvalue weighted by Crippen LogP contribution is -2.24. The molecule has 5 heteroatoms. The van der Waals surface area contributed by atoms with Crippen LogP contribution in [-0.4, -0.2) is 12.2 Å². The normalized spacial score (nSPS) is 13.5. The molecule has 0 radical (unpaired) electrons. The van der Waals surface area contributed by atoms with Gasteiger partial charge in [-0.25, -0.2) is 0 Å². The summed E-state index contributed by atoms with van der Waals surface area (Å²) in [6, 6.07) is 14.9. The zero-order valence-corrected chi connectivity index (χ0v) is 14.9. The number of ether oxygens (including phenoxy) is 1. The van der Waals surface area contributed by atoms with Crippen molar-refractivity contribution >= 4 is 32.8 Å². The fourth-order valence-electron chi connectivity index (χ4n) is 1.97. The van der Waals surface area contributed by atoms with Gasteiger partial charge in [0.1, 0.15) is 5.75 Å². The zero-order valence-electron chi connectivity index (χ0n) is 12.5. The average molecular weight is 380 g/mol. The van der Waals surface area contributed by atoms with Crippen molar-refractivity contribution in [1.82, 2.24) is 0 Å². The number of halogens is 1. The summed E-state index contributed by atoms with van der Waals surface area (Å²) in [6.45, 7) is 1.87. The van der Waals surface area contributed by atoms with E-state index in [1.54, 1.807) is 7.11 Å². The van der Waals surface area contributed by atoms with Crippen LogP contribution in [0.2, 0.25) is 0 Å². The van der Waals surface area contributed by atoms with Crippen LogP contribution in [0.5, 0.6) is 5.75 Å². The molecule has 0 aromatic heterocycles. The van der Waals surface area contributed by atoms with Crippen molar-refractivity contribution in [3.8, 4) is 5.75 Å². The third-order valence-electron chi connectivity index (χ3n) is 3.44. The van der Waals surface area contributed by atoms with Crippen LogP contribution < -0.4 is 10.5 Å². The van der Waals surface area contributed by atoms with Crippen LogP contribution >= 0.6 is 27.7 Å². The number of benzene rings is 2. The third-order valence-corrected chi connectivity index (χ3v) is 5.05. The van der Waals surface area contributed by atoms with Gasteiger partial charge in [-0.3, -0.25) is 4.79 Å². The Labute approximate surface area is 143 Å². The van der Waals surface area contributed by atoms with Crippen molar-refractivity contribution in [2.75, 3.05) is 7.11 Å². The molecule has 0 aliphatic carbocycles. The van der Waals surface area contributed by atoms with Gasteiger partial charge in [0.25, 0.3) is 0 Å². The van der Waals surface area contributed by atoms with Crippen LogP contribution in [0.25, 0.3) is 0 Å². The van der Waals surface area contributed by atoms with Crippen molar-refractivity contribution in [2.24, 2.45) is 11.7 Å². The lowest BCUT2D eigenvalue weighted by Gasteiger charge is -2.19. The molecule has 0 heterocycles. The minimum Gasteiger partial charge on any atom is -0.497 e. The highest BCUT2D eigenvalue weighted by Gasteiger charge is 2.23. The lowest BCUT2D eigenvalue weighted by molar-refractivity contribution is -0.114. The Bertz CT molecular complexity index is 628. The molecule has 2 aromatic carbocycles. The summed E-state index contributed by atoms with van der Waals surface area (Å²) in [5.41, 5.74) is 7.18. The Hall–Kier alpha value is -1.30. The van der Waals surface area contributed by atoms with Crippen LogP contribution in [-0.2, 0) is 4.79 Å². The van der Waals surface area contributed by atoms with Gasteiger partial charge in [0.2, 0.25) is 0 Å². The molecule has 2 N–H and O–H groups in total. The van der Waals surface area contributed by atoms with Gasteiger partial charge in [-0.15, -0.1) is 0 Å². The van der Waals surface area contributed by atoms with Gasteiger partial charge >= 0.3 is 0 Å². The van der Waals surface area contributed by atoms with E-state index in [9.17, 15) is 4.79 Å². The SMILES string of the molecule is COc1ccc(SC(=O)[C@H](C)[C@@H](N)c2ccc(Br)cc2)cc1. The van der Waals surface area contributed by atoms with Gasteiger partial charge in [0, 0.05) is 21.3 Å². The number of hydrogen-bond donors (Lipinski definition) is 1. The largest absolute Gasteiger partial charge is 0.497 e. The van der Waals surface area contributed by atoms with Crippen LogP contribution in [0.15, 0.2) is 57.9 Å². The molecule has 0 aliphatic rings. The van der Waals surface area contributed by atoms with Gasteiger partial charge in [0.05, 0.1) is 7.11 Å². The molecular weight excluding hydrogens is 362 g/mol. The molecule has 0 saturated carbocycles. The number of carbonyl (C=O) groups excluding carboxylic acids is 1. The van der Waals surface area contributed by atoms with E-state index in [4.69, 9.17) is 10.5 Å². The lowest BCUT2D eigenvalue weighted by atomic mass is 9.97. The van der Waals surface area contributed by atoms with E-state index in [0.29, 0.717) is 0 Å². The summed E-state index contributed by atoms with van der Waals surface area (Å²) in [7, 11) is 1.62. The highest BCUT2D eigenvalue weighted by molar-refractivity contribution is 9.10. The average Bonchev–Trinajstić information content (AvgIpc) is 2.55. The molecule has 0 amide bonds. The third kappa shape index (κ3) is 4.35. The maximum absolute atomic E-state index is 12.4. The van der Waals surface area contributed by atoms with Gasteiger partial charge in [-0.2, -0.15) is 0 Å². The first kappa shape index (κ1) is 17.1. The monoisotopic (exact) mass is 379 g/mol. The number of methoxy groups -OCH3 is 1. The quantitative estimate of drug-likeness (QED) is 0.781. The molecule has 2 atom stereocenters.